The molecule has 2 rings (SSSR count). The van der Waals surface area contributed by atoms with Crippen molar-refractivity contribution in [1.82, 2.24) is 0 Å². The van der Waals surface area contributed by atoms with Gasteiger partial charge in [-0.15, -0.1) is 0 Å². The molecule has 0 aromatic heterocycles. The molecule has 15 heavy (non-hydrogen) atoms. The summed E-state index contributed by atoms with van der Waals surface area (Å²) in [6, 6.07) is 9.98. The number of hydrogen-bond donors (Lipinski definition) is 1. The third kappa shape index (κ3) is 2.24. The van der Waals surface area contributed by atoms with Crippen LogP contribution in [0.3, 0.4) is 0 Å². The minimum absolute atomic E-state index is 0.125. The van der Waals surface area contributed by atoms with Crippen LogP contribution in [0.4, 0.5) is 5.69 Å². The maximum absolute atomic E-state index is 9.05. The molecule has 2 nitrogen and oxygen atoms in total. The van der Waals surface area contributed by atoms with E-state index in [0.29, 0.717) is 0 Å². The smallest absolute Gasteiger partial charge is 0.0746 e. The number of rotatable bonds is 3. The normalized spacial score (nSPS) is 17.6. The molecule has 1 N–H and O–H groups in total. The highest BCUT2D eigenvalue weighted by atomic mass is 35.5. The van der Waals surface area contributed by atoms with Crippen LogP contribution in [-0.4, -0.2) is 6.54 Å². The Labute approximate surface area is 94.9 Å². The average molecular weight is 221 g/mol. The molecule has 0 radical (unpaired) electrons. The third-order valence-corrected chi connectivity index (χ3v) is 3.27. The van der Waals surface area contributed by atoms with Crippen molar-refractivity contribution in [3.05, 3.63) is 29.3 Å². The summed E-state index contributed by atoms with van der Waals surface area (Å²) in [6.07, 6.45) is 3.21. The molecule has 1 aliphatic carbocycles. The van der Waals surface area contributed by atoms with Crippen molar-refractivity contribution in [3.8, 4) is 6.07 Å². The van der Waals surface area contributed by atoms with Crippen LogP contribution in [0.15, 0.2) is 24.3 Å². The zero-order chi connectivity index (χ0) is 10.7. The van der Waals surface area contributed by atoms with Crippen LogP contribution in [-0.2, 0) is 0 Å². The summed E-state index contributed by atoms with van der Waals surface area (Å²) in [5.74, 6) is 0. The van der Waals surface area contributed by atoms with Gasteiger partial charge in [-0.2, -0.15) is 5.26 Å². The molecule has 1 aliphatic rings. The summed E-state index contributed by atoms with van der Waals surface area (Å²) in [5, 5.41) is 13.1. The van der Waals surface area contributed by atoms with E-state index < -0.39 is 0 Å². The number of nitrogens with zero attached hydrogens (tertiary/aromatic N) is 1. The Balaban J connectivity index is 1.93. The van der Waals surface area contributed by atoms with Gasteiger partial charge in [-0.3, -0.25) is 0 Å². The number of nitrogens with one attached hydrogen (secondary N) is 1. The molecule has 1 aromatic rings. The van der Waals surface area contributed by atoms with Crippen molar-refractivity contribution >= 4 is 17.3 Å². The average Bonchev–Trinajstić information content (AvgIpc) is 2.20. The molecule has 1 fully saturated rings. The van der Waals surface area contributed by atoms with Crippen molar-refractivity contribution in [1.29, 1.82) is 5.26 Å². The molecular weight excluding hydrogens is 208 g/mol. The van der Waals surface area contributed by atoms with E-state index in [1.807, 2.05) is 24.3 Å². The van der Waals surface area contributed by atoms with Crippen LogP contribution in [0.5, 0.6) is 0 Å². The Morgan fingerprint density at radius 2 is 2.00 bits per heavy atom. The molecule has 0 unspecified atom stereocenters. The molecule has 0 bridgehead atoms. The Morgan fingerprint density at radius 1 is 1.33 bits per heavy atom. The predicted octanol–water partition coefficient (Wildman–Crippen LogP) is 3.45. The minimum atomic E-state index is -0.125. The number of benzene rings is 1. The fourth-order valence-corrected chi connectivity index (χ4v) is 1.90. The van der Waals surface area contributed by atoms with Crippen LogP contribution in [0.2, 0.25) is 5.02 Å². The van der Waals surface area contributed by atoms with Gasteiger partial charge in [0.1, 0.15) is 0 Å². The predicted molar refractivity (Wildman–Crippen MR) is 61.8 cm³/mol. The van der Waals surface area contributed by atoms with Crippen molar-refractivity contribution in [3.63, 3.8) is 0 Å². The second-order valence-electron chi connectivity index (χ2n) is 4.11. The Kier molecular flexibility index (Phi) is 2.83. The lowest BCUT2D eigenvalue weighted by Crippen LogP contribution is -2.34. The van der Waals surface area contributed by atoms with Gasteiger partial charge in [0.15, 0.2) is 0 Å². The molecule has 1 saturated carbocycles. The molecule has 0 aliphatic heterocycles. The summed E-state index contributed by atoms with van der Waals surface area (Å²) in [7, 11) is 0. The highest BCUT2D eigenvalue weighted by Crippen LogP contribution is 2.40. The lowest BCUT2D eigenvalue weighted by Gasteiger charge is -2.35. The molecule has 78 valence electrons. The van der Waals surface area contributed by atoms with Gasteiger partial charge in [0.25, 0.3) is 0 Å². The SMILES string of the molecule is N#CC1(CNc2ccc(Cl)cc2)CCC1. The summed E-state index contributed by atoms with van der Waals surface area (Å²) < 4.78 is 0. The van der Waals surface area contributed by atoms with Gasteiger partial charge in [-0.1, -0.05) is 18.0 Å². The van der Waals surface area contributed by atoms with Gasteiger partial charge < -0.3 is 5.32 Å². The van der Waals surface area contributed by atoms with Crippen LogP contribution in [0, 0.1) is 16.7 Å². The van der Waals surface area contributed by atoms with Crippen molar-refractivity contribution < 1.29 is 0 Å². The summed E-state index contributed by atoms with van der Waals surface area (Å²) in [6.45, 7) is 0.741. The molecule has 0 atom stereocenters. The summed E-state index contributed by atoms with van der Waals surface area (Å²) >= 11 is 5.79. The molecule has 1 aromatic carbocycles. The highest BCUT2D eigenvalue weighted by molar-refractivity contribution is 6.30. The van der Waals surface area contributed by atoms with Gasteiger partial charge in [0.2, 0.25) is 0 Å². The second kappa shape index (κ2) is 4.12. The lowest BCUT2D eigenvalue weighted by atomic mass is 9.70. The first-order valence-electron chi connectivity index (χ1n) is 5.15. The van der Waals surface area contributed by atoms with Crippen molar-refractivity contribution in [2.75, 3.05) is 11.9 Å². The molecule has 0 heterocycles. The molecule has 0 saturated heterocycles. The van der Waals surface area contributed by atoms with E-state index in [1.165, 1.54) is 6.42 Å². The van der Waals surface area contributed by atoms with E-state index in [4.69, 9.17) is 16.9 Å². The van der Waals surface area contributed by atoms with Gasteiger partial charge in [0.05, 0.1) is 11.5 Å². The quantitative estimate of drug-likeness (QED) is 0.847. The monoisotopic (exact) mass is 220 g/mol. The first kappa shape index (κ1) is 10.3. The van der Waals surface area contributed by atoms with Gasteiger partial charge in [-0.05, 0) is 37.1 Å². The topological polar surface area (TPSA) is 35.8 Å². The van der Waals surface area contributed by atoms with E-state index in [1.54, 1.807) is 0 Å². The maximum Gasteiger partial charge on any atom is 0.0746 e. The number of hydrogen-bond acceptors (Lipinski definition) is 2. The zero-order valence-corrected chi connectivity index (χ0v) is 9.22. The van der Waals surface area contributed by atoms with Gasteiger partial charge in [-0.25, -0.2) is 0 Å². The Morgan fingerprint density at radius 3 is 2.47 bits per heavy atom. The van der Waals surface area contributed by atoms with E-state index in [9.17, 15) is 0 Å². The second-order valence-corrected chi connectivity index (χ2v) is 4.54. The molecule has 0 spiro atoms. The van der Waals surface area contributed by atoms with Crippen LogP contribution in [0.1, 0.15) is 19.3 Å². The van der Waals surface area contributed by atoms with Crippen LogP contribution >= 0.6 is 11.6 Å². The fourth-order valence-electron chi connectivity index (χ4n) is 1.77. The maximum atomic E-state index is 9.05. The van der Waals surface area contributed by atoms with E-state index >= 15 is 0 Å². The van der Waals surface area contributed by atoms with Crippen LogP contribution < -0.4 is 5.32 Å². The molecular formula is C12H13ClN2. The first-order valence-corrected chi connectivity index (χ1v) is 5.53. The molecule has 0 amide bonds. The fraction of sp³-hybridized carbons (Fsp3) is 0.417. The Hall–Kier alpha value is -1.20. The van der Waals surface area contributed by atoms with E-state index in [-0.39, 0.29) is 5.41 Å². The lowest BCUT2D eigenvalue weighted by molar-refractivity contribution is 0.233. The van der Waals surface area contributed by atoms with Crippen molar-refractivity contribution in [2.45, 2.75) is 19.3 Å². The largest absolute Gasteiger partial charge is 0.383 e. The minimum Gasteiger partial charge on any atom is -0.383 e. The van der Waals surface area contributed by atoms with Crippen LogP contribution in [0.25, 0.3) is 0 Å². The molecule has 3 heteroatoms. The van der Waals surface area contributed by atoms with Gasteiger partial charge >= 0.3 is 0 Å². The van der Waals surface area contributed by atoms with E-state index in [0.717, 1.165) is 30.1 Å². The first-order chi connectivity index (χ1) is 7.24. The third-order valence-electron chi connectivity index (χ3n) is 3.02. The number of nitriles is 1. The summed E-state index contributed by atoms with van der Waals surface area (Å²) in [4.78, 5) is 0. The number of halogens is 1. The van der Waals surface area contributed by atoms with Crippen molar-refractivity contribution in [2.24, 2.45) is 5.41 Å². The van der Waals surface area contributed by atoms with E-state index in [2.05, 4.69) is 11.4 Å². The summed E-state index contributed by atoms with van der Waals surface area (Å²) in [5.41, 5.74) is 0.903. The zero-order valence-electron chi connectivity index (χ0n) is 8.46. The highest BCUT2D eigenvalue weighted by Gasteiger charge is 2.36. The number of anilines is 1. The van der Waals surface area contributed by atoms with Gasteiger partial charge in [0, 0.05) is 17.3 Å². The standard InChI is InChI=1S/C12H13ClN2/c13-10-2-4-11(5-3-10)15-9-12(8-14)6-1-7-12/h2-5,15H,1,6-7,9H2. The Bertz CT molecular complexity index is 374.